The number of sulfone groups is 1. The van der Waals surface area contributed by atoms with Crippen LogP contribution in [-0.2, 0) is 16.4 Å². The van der Waals surface area contributed by atoms with E-state index < -0.39 is 9.84 Å². The van der Waals surface area contributed by atoms with Gasteiger partial charge in [0.2, 0.25) is 0 Å². The van der Waals surface area contributed by atoms with Crippen LogP contribution in [0, 0.1) is 0 Å². The highest BCUT2D eigenvalue weighted by Crippen LogP contribution is 2.22. The normalized spacial score (nSPS) is 21.7. The lowest BCUT2D eigenvalue weighted by Gasteiger charge is -2.32. The molecule has 0 aliphatic carbocycles. The Balaban J connectivity index is 2.04. The van der Waals surface area contributed by atoms with Crippen LogP contribution < -0.4 is 5.73 Å². The summed E-state index contributed by atoms with van der Waals surface area (Å²) in [6.07, 6.45) is 0. The molecule has 1 aromatic carbocycles. The van der Waals surface area contributed by atoms with Crippen molar-refractivity contribution in [1.29, 1.82) is 0 Å². The van der Waals surface area contributed by atoms with E-state index in [-0.39, 0.29) is 17.5 Å². The van der Waals surface area contributed by atoms with Gasteiger partial charge in [-0.3, -0.25) is 4.90 Å². The van der Waals surface area contributed by atoms with E-state index >= 15 is 0 Å². The Kier molecular flexibility index (Phi) is 4.04. The maximum Gasteiger partial charge on any atom is 0.152 e. The first-order valence-corrected chi connectivity index (χ1v) is 8.07. The highest BCUT2D eigenvalue weighted by molar-refractivity contribution is 7.91. The molecule has 1 fully saturated rings. The molecule has 0 radical (unpaired) electrons. The molecule has 1 aliphatic heterocycles. The minimum absolute atomic E-state index is 0.257. The molecule has 1 unspecified atom stereocenters. The van der Waals surface area contributed by atoms with Crippen molar-refractivity contribution in [2.75, 3.05) is 24.6 Å². The highest BCUT2D eigenvalue weighted by atomic mass is 32.2. The zero-order chi connectivity index (χ0) is 13.2. The molecule has 100 valence electrons. The average molecular weight is 268 g/mol. The fourth-order valence-electron chi connectivity index (χ4n) is 2.26. The van der Waals surface area contributed by atoms with E-state index in [2.05, 4.69) is 24.0 Å². The van der Waals surface area contributed by atoms with Crippen molar-refractivity contribution in [3.63, 3.8) is 0 Å². The van der Waals surface area contributed by atoms with Gasteiger partial charge < -0.3 is 5.73 Å². The molecule has 1 heterocycles. The van der Waals surface area contributed by atoms with Crippen LogP contribution in [0.5, 0.6) is 0 Å². The average Bonchev–Trinajstić information content (AvgIpc) is 2.38. The van der Waals surface area contributed by atoms with Crippen LogP contribution in [-0.4, -0.2) is 37.9 Å². The zero-order valence-corrected chi connectivity index (χ0v) is 11.5. The summed E-state index contributed by atoms with van der Waals surface area (Å²) in [5.41, 5.74) is 7.90. The van der Waals surface area contributed by atoms with Gasteiger partial charge in [-0.05, 0) is 18.1 Å². The van der Waals surface area contributed by atoms with Gasteiger partial charge in [0.25, 0.3) is 0 Å². The Hall–Kier alpha value is -0.910. The predicted molar refractivity (Wildman–Crippen MR) is 73.0 cm³/mol. The first-order valence-electron chi connectivity index (χ1n) is 6.25. The lowest BCUT2D eigenvalue weighted by molar-refractivity contribution is 0.229. The minimum Gasteiger partial charge on any atom is -0.326 e. The van der Waals surface area contributed by atoms with Crippen LogP contribution in [0.15, 0.2) is 24.3 Å². The standard InChI is InChI=1S/C13H20N2O2S/c1-11(13-4-2-12(10-14)3-5-13)15-6-8-18(16,17)9-7-15/h2-5,11H,6-10,14H2,1H3. The van der Waals surface area contributed by atoms with E-state index in [0.29, 0.717) is 19.6 Å². The molecule has 0 amide bonds. The number of rotatable bonds is 3. The number of hydrogen-bond donors (Lipinski definition) is 1. The third kappa shape index (κ3) is 3.10. The zero-order valence-electron chi connectivity index (χ0n) is 10.7. The quantitative estimate of drug-likeness (QED) is 0.886. The Morgan fingerprint density at radius 1 is 1.22 bits per heavy atom. The number of hydrogen-bond acceptors (Lipinski definition) is 4. The molecule has 5 heteroatoms. The second-order valence-electron chi connectivity index (χ2n) is 4.81. The molecule has 1 aliphatic rings. The van der Waals surface area contributed by atoms with Gasteiger partial charge in [0, 0.05) is 25.7 Å². The van der Waals surface area contributed by atoms with Crippen LogP contribution in [0.4, 0.5) is 0 Å². The second kappa shape index (κ2) is 5.38. The van der Waals surface area contributed by atoms with Crippen LogP contribution in [0.1, 0.15) is 24.1 Å². The summed E-state index contributed by atoms with van der Waals surface area (Å²) in [7, 11) is -2.80. The van der Waals surface area contributed by atoms with E-state index in [4.69, 9.17) is 5.73 Å². The van der Waals surface area contributed by atoms with Crippen molar-refractivity contribution in [3.05, 3.63) is 35.4 Å². The summed E-state index contributed by atoms with van der Waals surface area (Å²) in [6, 6.07) is 8.48. The van der Waals surface area contributed by atoms with Gasteiger partial charge >= 0.3 is 0 Å². The number of nitrogens with two attached hydrogens (primary N) is 1. The maximum absolute atomic E-state index is 11.4. The topological polar surface area (TPSA) is 63.4 Å². The molecule has 2 rings (SSSR count). The Bertz CT molecular complexity index is 482. The molecule has 2 N–H and O–H groups in total. The molecule has 0 bridgehead atoms. The molecule has 1 saturated heterocycles. The summed E-state index contributed by atoms with van der Waals surface area (Å²) in [6.45, 7) is 3.93. The first-order chi connectivity index (χ1) is 8.52. The molecule has 0 saturated carbocycles. The number of nitrogens with zero attached hydrogens (tertiary/aromatic N) is 1. The smallest absolute Gasteiger partial charge is 0.152 e. The molecule has 0 aromatic heterocycles. The van der Waals surface area contributed by atoms with Gasteiger partial charge in [-0.15, -0.1) is 0 Å². The van der Waals surface area contributed by atoms with Crippen molar-refractivity contribution in [2.45, 2.75) is 19.5 Å². The Morgan fingerprint density at radius 2 is 1.78 bits per heavy atom. The van der Waals surface area contributed by atoms with E-state index in [9.17, 15) is 8.42 Å². The Labute approximate surface area is 109 Å². The number of benzene rings is 1. The SMILES string of the molecule is CC(c1ccc(CN)cc1)N1CCS(=O)(=O)CC1. The van der Waals surface area contributed by atoms with Crippen molar-refractivity contribution in [3.8, 4) is 0 Å². The van der Waals surface area contributed by atoms with Gasteiger partial charge in [0.1, 0.15) is 0 Å². The lowest BCUT2D eigenvalue weighted by atomic mass is 10.0. The molecule has 0 spiro atoms. The predicted octanol–water partition coefficient (Wildman–Crippen LogP) is 0.937. The van der Waals surface area contributed by atoms with Crippen molar-refractivity contribution >= 4 is 9.84 Å². The third-order valence-electron chi connectivity index (χ3n) is 3.62. The van der Waals surface area contributed by atoms with Gasteiger partial charge in [0.15, 0.2) is 9.84 Å². The summed E-state index contributed by atoms with van der Waals surface area (Å²) in [4.78, 5) is 2.22. The largest absolute Gasteiger partial charge is 0.326 e. The van der Waals surface area contributed by atoms with E-state index in [1.807, 2.05) is 12.1 Å². The van der Waals surface area contributed by atoms with Crippen molar-refractivity contribution in [1.82, 2.24) is 4.90 Å². The molecule has 1 aromatic rings. The van der Waals surface area contributed by atoms with Gasteiger partial charge in [-0.25, -0.2) is 8.42 Å². The molecule has 18 heavy (non-hydrogen) atoms. The fraction of sp³-hybridized carbons (Fsp3) is 0.538. The third-order valence-corrected chi connectivity index (χ3v) is 5.23. The first kappa shape index (κ1) is 13.5. The molecule has 4 nitrogen and oxygen atoms in total. The fourth-order valence-corrected chi connectivity index (χ4v) is 3.49. The molecular formula is C13H20N2O2S. The Morgan fingerprint density at radius 3 is 2.28 bits per heavy atom. The van der Waals surface area contributed by atoms with Crippen molar-refractivity contribution in [2.24, 2.45) is 5.73 Å². The van der Waals surface area contributed by atoms with Crippen molar-refractivity contribution < 1.29 is 8.42 Å². The monoisotopic (exact) mass is 268 g/mol. The maximum atomic E-state index is 11.4. The van der Waals surface area contributed by atoms with E-state index in [0.717, 1.165) is 5.56 Å². The minimum atomic E-state index is -2.80. The summed E-state index contributed by atoms with van der Waals surface area (Å²) >= 11 is 0. The van der Waals surface area contributed by atoms with Gasteiger partial charge in [0.05, 0.1) is 11.5 Å². The van der Waals surface area contributed by atoms with Gasteiger partial charge in [-0.2, -0.15) is 0 Å². The van der Waals surface area contributed by atoms with Crippen LogP contribution in [0.2, 0.25) is 0 Å². The van der Waals surface area contributed by atoms with Crippen LogP contribution in [0.25, 0.3) is 0 Å². The summed E-state index contributed by atoms with van der Waals surface area (Å²) < 4.78 is 22.8. The second-order valence-corrected chi connectivity index (χ2v) is 7.11. The molecular weight excluding hydrogens is 248 g/mol. The summed E-state index contributed by atoms with van der Waals surface area (Å²) in [5, 5.41) is 0. The van der Waals surface area contributed by atoms with E-state index in [1.165, 1.54) is 5.56 Å². The van der Waals surface area contributed by atoms with E-state index in [1.54, 1.807) is 0 Å². The van der Waals surface area contributed by atoms with Crippen LogP contribution in [0.3, 0.4) is 0 Å². The highest BCUT2D eigenvalue weighted by Gasteiger charge is 2.25. The van der Waals surface area contributed by atoms with Crippen LogP contribution >= 0.6 is 0 Å². The summed E-state index contributed by atoms with van der Waals surface area (Å²) in [5.74, 6) is 0.552. The molecule has 1 atom stereocenters. The van der Waals surface area contributed by atoms with Gasteiger partial charge in [-0.1, -0.05) is 24.3 Å². The lowest BCUT2D eigenvalue weighted by Crippen LogP contribution is -2.41.